The first-order chi connectivity index (χ1) is 13.6. The van der Waals surface area contributed by atoms with E-state index in [0.717, 1.165) is 5.56 Å². The number of hydrogen-bond acceptors (Lipinski definition) is 6. The van der Waals surface area contributed by atoms with Crippen molar-refractivity contribution in [2.75, 3.05) is 12.3 Å². The van der Waals surface area contributed by atoms with Gasteiger partial charge in [-0.05, 0) is 24.1 Å². The average Bonchev–Trinajstić information content (AvgIpc) is 2.96. The van der Waals surface area contributed by atoms with Gasteiger partial charge in [0.05, 0.1) is 11.1 Å². The summed E-state index contributed by atoms with van der Waals surface area (Å²) < 4.78 is 0. The molecule has 0 aromatic heterocycles. The predicted octanol–water partition coefficient (Wildman–Crippen LogP) is 1.13. The Morgan fingerprint density at radius 3 is 2.14 bits per heavy atom. The van der Waals surface area contributed by atoms with Crippen molar-refractivity contribution in [3.63, 3.8) is 0 Å². The van der Waals surface area contributed by atoms with E-state index in [0.29, 0.717) is 29.8 Å². The fraction of sp³-hybridized carbons (Fsp3) is 0.250. The van der Waals surface area contributed by atoms with Crippen molar-refractivity contribution in [3.8, 4) is 0 Å². The Hall–Kier alpha value is -2.68. The zero-order valence-corrected chi connectivity index (χ0v) is 15.9. The molecule has 1 fully saturated rings. The SMILES string of the molecule is O=C1NC(SCCN2C(=O)c3ccccc3C2=O)NNC1Cc1ccccc1. The Balaban J connectivity index is 1.25. The molecule has 3 N–H and O–H groups in total. The van der Waals surface area contributed by atoms with Crippen molar-refractivity contribution >= 4 is 29.5 Å². The number of hydrazine groups is 1. The first-order valence-electron chi connectivity index (χ1n) is 9.05. The monoisotopic (exact) mass is 396 g/mol. The fourth-order valence-electron chi connectivity index (χ4n) is 3.29. The van der Waals surface area contributed by atoms with Crippen LogP contribution >= 0.6 is 11.8 Å². The second-order valence-corrected chi connectivity index (χ2v) is 7.81. The lowest BCUT2D eigenvalue weighted by Crippen LogP contribution is -2.64. The highest BCUT2D eigenvalue weighted by Gasteiger charge is 2.35. The molecule has 0 aliphatic carbocycles. The van der Waals surface area contributed by atoms with Crippen LogP contribution in [0.4, 0.5) is 0 Å². The van der Waals surface area contributed by atoms with E-state index in [9.17, 15) is 14.4 Å². The smallest absolute Gasteiger partial charge is 0.261 e. The van der Waals surface area contributed by atoms with E-state index in [4.69, 9.17) is 0 Å². The van der Waals surface area contributed by atoms with Gasteiger partial charge in [0.25, 0.3) is 11.8 Å². The number of fused-ring (bicyclic) bond motifs is 1. The summed E-state index contributed by atoms with van der Waals surface area (Å²) in [5, 5.41) is 2.91. The lowest BCUT2D eigenvalue weighted by Gasteiger charge is -2.31. The molecule has 7 nitrogen and oxygen atoms in total. The molecule has 0 radical (unpaired) electrons. The van der Waals surface area contributed by atoms with E-state index in [1.165, 1.54) is 16.7 Å². The van der Waals surface area contributed by atoms with Gasteiger partial charge in [-0.3, -0.25) is 19.3 Å². The first kappa shape index (κ1) is 18.7. The number of nitrogens with zero attached hydrogens (tertiary/aromatic N) is 1. The average molecular weight is 396 g/mol. The van der Waals surface area contributed by atoms with Crippen LogP contribution in [0.2, 0.25) is 0 Å². The number of nitrogens with one attached hydrogen (secondary N) is 3. The minimum absolute atomic E-state index is 0.0826. The van der Waals surface area contributed by atoms with Gasteiger partial charge >= 0.3 is 0 Å². The third kappa shape index (κ3) is 3.80. The van der Waals surface area contributed by atoms with Gasteiger partial charge in [0.15, 0.2) is 0 Å². The van der Waals surface area contributed by atoms with E-state index < -0.39 is 0 Å². The number of benzene rings is 2. The van der Waals surface area contributed by atoms with Gasteiger partial charge in [0.2, 0.25) is 5.91 Å². The molecule has 144 valence electrons. The topological polar surface area (TPSA) is 90.5 Å². The Morgan fingerprint density at radius 1 is 0.857 bits per heavy atom. The molecule has 8 heteroatoms. The van der Waals surface area contributed by atoms with Gasteiger partial charge in [0, 0.05) is 12.3 Å². The van der Waals surface area contributed by atoms with E-state index in [2.05, 4.69) is 16.2 Å². The van der Waals surface area contributed by atoms with Crippen LogP contribution in [-0.4, -0.2) is 46.5 Å². The molecular weight excluding hydrogens is 376 g/mol. The van der Waals surface area contributed by atoms with Gasteiger partial charge in [0.1, 0.15) is 11.5 Å². The molecule has 28 heavy (non-hydrogen) atoms. The standard InChI is InChI=1S/C20H20N4O3S/c25-17-16(12-13-6-2-1-3-7-13)22-23-20(21-17)28-11-10-24-18(26)14-8-4-5-9-15(14)19(24)27/h1-9,16,20,22-23H,10-12H2,(H,21,25). The van der Waals surface area contributed by atoms with Crippen molar-refractivity contribution in [2.24, 2.45) is 0 Å². The summed E-state index contributed by atoms with van der Waals surface area (Å²) in [5.74, 6) is -0.0966. The molecule has 0 bridgehead atoms. The number of imide groups is 1. The summed E-state index contributed by atoms with van der Waals surface area (Å²) in [6.45, 7) is 0.290. The van der Waals surface area contributed by atoms with E-state index in [1.54, 1.807) is 24.3 Å². The minimum Gasteiger partial charge on any atom is -0.329 e. The maximum Gasteiger partial charge on any atom is 0.261 e. The van der Waals surface area contributed by atoms with Gasteiger partial charge in [-0.1, -0.05) is 42.5 Å². The third-order valence-corrected chi connectivity index (χ3v) is 5.73. The Morgan fingerprint density at radius 2 is 1.50 bits per heavy atom. The molecule has 2 heterocycles. The zero-order valence-electron chi connectivity index (χ0n) is 15.1. The second kappa shape index (κ2) is 8.14. The Bertz CT molecular complexity index is 870. The Kier molecular flexibility index (Phi) is 5.43. The molecule has 2 atom stereocenters. The van der Waals surface area contributed by atoms with Gasteiger partial charge < -0.3 is 5.32 Å². The van der Waals surface area contributed by atoms with Crippen LogP contribution in [0.15, 0.2) is 54.6 Å². The summed E-state index contributed by atoms with van der Waals surface area (Å²) in [5.41, 5.74) is 7.78. The third-order valence-electron chi connectivity index (χ3n) is 4.74. The molecule has 2 aliphatic heterocycles. The molecule has 2 aromatic carbocycles. The van der Waals surface area contributed by atoms with Crippen LogP contribution in [0, 0.1) is 0 Å². The normalized spacial score (nSPS) is 21.6. The first-order valence-corrected chi connectivity index (χ1v) is 10.1. The molecule has 2 unspecified atom stereocenters. The number of amides is 3. The molecular formula is C20H20N4O3S. The summed E-state index contributed by atoms with van der Waals surface area (Å²) in [7, 11) is 0. The summed E-state index contributed by atoms with van der Waals surface area (Å²) in [4.78, 5) is 38.3. The number of rotatable bonds is 6. The molecule has 4 rings (SSSR count). The lowest BCUT2D eigenvalue weighted by molar-refractivity contribution is -0.125. The number of carbonyl (C=O) groups excluding carboxylic acids is 3. The summed E-state index contributed by atoms with van der Waals surface area (Å²) >= 11 is 1.43. The van der Waals surface area contributed by atoms with Crippen LogP contribution < -0.4 is 16.2 Å². The van der Waals surface area contributed by atoms with Gasteiger partial charge in [-0.2, -0.15) is 0 Å². The van der Waals surface area contributed by atoms with Crippen LogP contribution in [-0.2, 0) is 11.2 Å². The minimum atomic E-state index is -0.351. The maximum atomic E-state index is 12.4. The molecule has 0 saturated carbocycles. The highest BCUT2D eigenvalue weighted by Crippen LogP contribution is 2.23. The second-order valence-electron chi connectivity index (χ2n) is 6.60. The highest BCUT2D eigenvalue weighted by atomic mass is 32.2. The fourth-order valence-corrected chi connectivity index (χ4v) is 4.16. The van der Waals surface area contributed by atoms with E-state index >= 15 is 0 Å². The lowest BCUT2D eigenvalue weighted by atomic mass is 10.1. The predicted molar refractivity (Wildman–Crippen MR) is 106 cm³/mol. The number of carbonyl (C=O) groups is 3. The van der Waals surface area contributed by atoms with Crippen molar-refractivity contribution in [1.29, 1.82) is 0 Å². The van der Waals surface area contributed by atoms with Crippen LogP contribution in [0.5, 0.6) is 0 Å². The van der Waals surface area contributed by atoms with Crippen LogP contribution in [0.25, 0.3) is 0 Å². The van der Waals surface area contributed by atoms with Crippen molar-refractivity contribution in [3.05, 3.63) is 71.3 Å². The molecule has 3 amide bonds. The van der Waals surface area contributed by atoms with Gasteiger partial charge in [-0.25, -0.2) is 10.9 Å². The van der Waals surface area contributed by atoms with E-state index in [1.807, 2.05) is 30.3 Å². The van der Waals surface area contributed by atoms with E-state index in [-0.39, 0.29) is 29.3 Å². The van der Waals surface area contributed by atoms with Crippen molar-refractivity contribution in [1.82, 2.24) is 21.1 Å². The zero-order chi connectivity index (χ0) is 19.5. The van der Waals surface area contributed by atoms with Crippen LogP contribution in [0.1, 0.15) is 26.3 Å². The van der Waals surface area contributed by atoms with Crippen molar-refractivity contribution < 1.29 is 14.4 Å². The summed E-state index contributed by atoms with van der Waals surface area (Å²) in [6.07, 6.45) is 0.589. The molecule has 2 aliphatic rings. The number of hydrogen-bond donors (Lipinski definition) is 3. The number of thioether (sulfide) groups is 1. The van der Waals surface area contributed by atoms with Crippen molar-refractivity contribution in [2.45, 2.75) is 18.0 Å². The molecule has 1 saturated heterocycles. The quantitative estimate of drug-likeness (QED) is 0.635. The maximum absolute atomic E-state index is 12.4. The largest absolute Gasteiger partial charge is 0.329 e. The van der Waals surface area contributed by atoms with Gasteiger partial charge in [-0.15, -0.1) is 11.8 Å². The highest BCUT2D eigenvalue weighted by molar-refractivity contribution is 7.99. The molecule has 2 aromatic rings. The summed E-state index contributed by atoms with van der Waals surface area (Å²) in [6, 6.07) is 16.3. The molecule has 0 spiro atoms. The van der Waals surface area contributed by atoms with Crippen LogP contribution in [0.3, 0.4) is 0 Å². The Labute approximate surface area is 166 Å².